The smallest absolute Gasteiger partial charge is 0.277 e. The van der Waals surface area contributed by atoms with Gasteiger partial charge in [-0.2, -0.15) is 5.26 Å². The van der Waals surface area contributed by atoms with Crippen molar-refractivity contribution in [2.45, 2.75) is 25.0 Å². The third kappa shape index (κ3) is 3.89. The van der Waals surface area contributed by atoms with E-state index in [4.69, 9.17) is 11.0 Å². The van der Waals surface area contributed by atoms with Gasteiger partial charge in [0.1, 0.15) is 11.4 Å². The summed E-state index contributed by atoms with van der Waals surface area (Å²) in [6, 6.07) is 8.96. The van der Waals surface area contributed by atoms with E-state index in [1.807, 2.05) is 0 Å². The number of aromatic nitrogens is 2. The molecule has 27 heavy (non-hydrogen) atoms. The SMILES string of the molecule is CN=C(c1cccc(C#N)c1)c1ncn(CC2(O)CCNCC2)c(=O)c1N. The number of aliphatic hydroxyl groups is 1. The van der Waals surface area contributed by atoms with Crippen LogP contribution in [0.25, 0.3) is 0 Å². The number of nitrogens with one attached hydrogen (secondary N) is 1. The molecule has 140 valence electrons. The number of piperidine rings is 1. The van der Waals surface area contributed by atoms with Gasteiger partial charge in [0, 0.05) is 12.6 Å². The molecule has 8 heteroatoms. The van der Waals surface area contributed by atoms with Gasteiger partial charge in [0.05, 0.1) is 35.8 Å². The number of hydrogen-bond acceptors (Lipinski definition) is 7. The zero-order chi connectivity index (χ0) is 19.4. The Bertz CT molecular complexity index is 967. The maximum absolute atomic E-state index is 12.7. The van der Waals surface area contributed by atoms with Crippen LogP contribution in [-0.4, -0.2) is 46.1 Å². The molecule has 0 amide bonds. The second-order valence-electron chi connectivity index (χ2n) is 6.68. The lowest BCUT2D eigenvalue weighted by atomic mass is 9.92. The monoisotopic (exact) mass is 366 g/mol. The molecule has 1 saturated heterocycles. The first kappa shape index (κ1) is 18.8. The summed E-state index contributed by atoms with van der Waals surface area (Å²) < 4.78 is 1.35. The summed E-state index contributed by atoms with van der Waals surface area (Å²) in [5.74, 6) is 0. The number of aliphatic imine (C=N–C) groups is 1. The first-order valence-corrected chi connectivity index (χ1v) is 8.73. The minimum atomic E-state index is -0.951. The Morgan fingerprint density at radius 2 is 2.22 bits per heavy atom. The first-order valence-electron chi connectivity index (χ1n) is 8.73. The Kier molecular flexibility index (Phi) is 5.35. The summed E-state index contributed by atoms with van der Waals surface area (Å²) in [6.45, 7) is 1.55. The molecule has 2 heterocycles. The highest BCUT2D eigenvalue weighted by molar-refractivity contribution is 6.14. The van der Waals surface area contributed by atoms with Crippen molar-refractivity contribution in [1.29, 1.82) is 5.26 Å². The third-order valence-corrected chi connectivity index (χ3v) is 4.78. The maximum Gasteiger partial charge on any atom is 0.277 e. The van der Waals surface area contributed by atoms with Gasteiger partial charge in [-0.25, -0.2) is 4.98 Å². The Morgan fingerprint density at radius 1 is 1.48 bits per heavy atom. The van der Waals surface area contributed by atoms with Gasteiger partial charge in [-0.1, -0.05) is 12.1 Å². The Balaban J connectivity index is 1.96. The Morgan fingerprint density at radius 3 is 2.89 bits per heavy atom. The van der Waals surface area contributed by atoms with Crippen molar-refractivity contribution in [2.24, 2.45) is 4.99 Å². The van der Waals surface area contributed by atoms with Gasteiger partial charge in [-0.15, -0.1) is 0 Å². The van der Waals surface area contributed by atoms with Gasteiger partial charge in [0.2, 0.25) is 0 Å². The van der Waals surface area contributed by atoms with Crippen LogP contribution in [0.2, 0.25) is 0 Å². The highest BCUT2D eigenvalue weighted by atomic mass is 16.3. The standard InChI is InChI=1S/C19H22N6O2/c1-22-16(14-4-2-3-13(9-14)10-20)17-15(21)18(26)25(12-24-17)11-19(27)5-7-23-8-6-19/h2-4,9,12,23,27H,5-8,11,21H2,1H3. The minimum Gasteiger partial charge on any atom is -0.392 e. The number of nitriles is 1. The summed E-state index contributed by atoms with van der Waals surface area (Å²) in [6.07, 6.45) is 2.51. The molecular weight excluding hydrogens is 344 g/mol. The fourth-order valence-electron chi connectivity index (χ4n) is 3.28. The highest BCUT2D eigenvalue weighted by Gasteiger charge is 2.30. The number of hydrogen-bond donors (Lipinski definition) is 3. The molecule has 0 radical (unpaired) electrons. The van der Waals surface area contributed by atoms with Gasteiger partial charge in [-0.3, -0.25) is 14.4 Å². The van der Waals surface area contributed by atoms with E-state index in [1.54, 1.807) is 31.3 Å². The van der Waals surface area contributed by atoms with Gasteiger partial charge >= 0.3 is 0 Å². The number of anilines is 1. The van der Waals surface area contributed by atoms with Crippen molar-refractivity contribution >= 4 is 11.4 Å². The molecule has 1 aromatic carbocycles. The summed E-state index contributed by atoms with van der Waals surface area (Å²) in [5.41, 5.74) is 6.53. The lowest BCUT2D eigenvalue weighted by Gasteiger charge is -2.32. The van der Waals surface area contributed by atoms with Gasteiger partial charge in [0.25, 0.3) is 5.56 Å². The average molecular weight is 366 g/mol. The van der Waals surface area contributed by atoms with Crippen molar-refractivity contribution in [3.8, 4) is 6.07 Å². The molecular formula is C19H22N6O2. The molecule has 1 aliphatic rings. The zero-order valence-electron chi connectivity index (χ0n) is 15.1. The predicted octanol–water partition coefficient (Wildman–Crippen LogP) is 0.279. The maximum atomic E-state index is 12.7. The molecule has 2 aromatic rings. The van der Waals surface area contributed by atoms with Gasteiger partial charge in [0.15, 0.2) is 0 Å². The number of nitrogens with zero attached hydrogens (tertiary/aromatic N) is 4. The Hall–Kier alpha value is -3.02. The molecule has 0 unspecified atom stereocenters. The van der Waals surface area contributed by atoms with E-state index >= 15 is 0 Å². The Labute approximate surface area is 157 Å². The molecule has 0 aliphatic carbocycles. The van der Waals surface area contributed by atoms with E-state index in [-0.39, 0.29) is 17.9 Å². The molecule has 8 nitrogen and oxygen atoms in total. The van der Waals surface area contributed by atoms with E-state index in [1.165, 1.54) is 10.9 Å². The van der Waals surface area contributed by atoms with Crippen molar-refractivity contribution in [2.75, 3.05) is 25.9 Å². The molecule has 3 rings (SSSR count). The van der Waals surface area contributed by atoms with Crippen LogP contribution in [0.5, 0.6) is 0 Å². The quantitative estimate of drug-likeness (QED) is 0.667. The van der Waals surface area contributed by atoms with Crippen molar-refractivity contribution < 1.29 is 5.11 Å². The van der Waals surface area contributed by atoms with Crippen molar-refractivity contribution in [3.63, 3.8) is 0 Å². The van der Waals surface area contributed by atoms with Crippen LogP contribution in [0.15, 0.2) is 40.4 Å². The molecule has 0 atom stereocenters. The minimum absolute atomic E-state index is 0.0296. The number of nitrogen functional groups attached to an aromatic ring is 1. The van der Waals surface area contributed by atoms with Crippen LogP contribution in [0, 0.1) is 11.3 Å². The van der Waals surface area contributed by atoms with Crippen LogP contribution in [0.1, 0.15) is 29.7 Å². The second kappa shape index (κ2) is 7.70. The summed E-state index contributed by atoms with van der Waals surface area (Å²) in [5, 5.41) is 23.0. The van der Waals surface area contributed by atoms with Crippen LogP contribution in [-0.2, 0) is 6.54 Å². The van der Waals surface area contributed by atoms with E-state index in [9.17, 15) is 9.90 Å². The molecule has 0 saturated carbocycles. The molecule has 0 bridgehead atoms. The van der Waals surface area contributed by atoms with Gasteiger partial charge < -0.3 is 16.2 Å². The topological polar surface area (TPSA) is 129 Å². The fourth-order valence-corrected chi connectivity index (χ4v) is 3.28. The van der Waals surface area contributed by atoms with E-state index in [0.717, 1.165) is 0 Å². The lowest BCUT2D eigenvalue weighted by molar-refractivity contribution is -0.00635. The van der Waals surface area contributed by atoms with Crippen LogP contribution >= 0.6 is 0 Å². The third-order valence-electron chi connectivity index (χ3n) is 4.78. The summed E-state index contributed by atoms with van der Waals surface area (Å²) in [7, 11) is 1.58. The zero-order valence-corrected chi connectivity index (χ0v) is 15.1. The van der Waals surface area contributed by atoms with E-state index in [0.29, 0.717) is 42.8 Å². The predicted molar refractivity (Wildman–Crippen MR) is 103 cm³/mol. The largest absolute Gasteiger partial charge is 0.392 e. The molecule has 0 spiro atoms. The van der Waals surface area contributed by atoms with Crippen LogP contribution < -0.4 is 16.6 Å². The molecule has 1 aliphatic heterocycles. The number of rotatable bonds is 4. The highest BCUT2D eigenvalue weighted by Crippen LogP contribution is 2.20. The van der Waals surface area contributed by atoms with Crippen molar-refractivity contribution in [3.05, 3.63) is 57.8 Å². The summed E-state index contributed by atoms with van der Waals surface area (Å²) in [4.78, 5) is 21.3. The summed E-state index contributed by atoms with van der Waals surface area (Å²) >= 11 is 0. The fraction of sp³-hybridized carbons (Fsp3) is 0.368. The van der Waals surface area contributed by atoms with Gasteiger partial charge in [-0.05, 0) is 38.1 Å². The first-order chi connectivity index (χ1) is 13.0. The van der Waals surface area contributed by atoms with E-state index in [2.05, 4.69) is 21.4 Å². The van der Waals surface area contributed by atoms with Crippen LogP contribution in [0.3, 0.4) is 0 Å². The molecule has 1 fully saturated rings. The lowest BCUT2D eigenvalue weighted by Crippen LogP contribution is -2.46. The molecule has 1 aromatic heterocycles. The number of benzene rings is 1. The molecule has 4 N–H and O–H groups in total. The van der Waals surface area contributed by atoms with E-state index < -0.39 is 11.2 Å². The average Bonchev–Trinajstić information content (AvgIpc) is 2.68. The normalized spacial score (nSPS) is 16.7. The van der Waals surface area contributed by atoms with Crippen LogP contribution in [0.4, 0.5) is 5.69 Å². The van der Waals surface area contributed by atoms with Crippen molar-refractivity contribution in [1.82, 2.24) is 14.9 Å². The number of nitrogens with two attached hydrogens (primary N) is 1. The second-order valence-corrected chi connectivity index (χ2v) is 6.68.